The van der Waals surface area contributed by atoms with Gasteiger partial charge in [-0.15, -0.1) is 0 Å². The van der Waals surface area contributed by atoms with Gasteiger partial charge in [0.25, 0.3) is 5.91 Å². The van der Waals surface area contributed by atoms with Crippen LogP contribution in [0, 0.1) is 5.82 Å². The lowest BCUT2D eigenvalue weighted by Gasteiger charge is -2.29. The molecule has 0 saturated carbocycles. The Bertz CT molecular complexity index is 860. The second-order valence-corrected chi connectivity index (χ2v) is 6.44. The van der Waals surface area contributed by atoms with Gasteiger partial charge in [-0.3, -0.25) is 9.59 Å². The second-order valence-electron chi connectivity index (χ2n) is 6.44. The van der Waals surface area contributed by atoms with Crippen LogP contribution in [0.4, 0.5) is 21.5 Å². The van der Waals surface area contributed by atoms with Gasteiger partial charge in [-0.2, -0.15) is 0 Å². The van der Waals surface area contributed by atoms with Crippen LogP contribution in [-0.4, -0.2) is 24.9 Å². The summed E-state index contributed by atoms with van der Waals surface area (Å²) in [5, 5.41) is 5.29. The summed E-state index contributed by atoms with van der Waals surface area (Å²) in [7, 11) is 0. The molecule has 6 heteroatoms. The molecule has 5 nitrogen and oxygen atoms in total. The maximum atomic E-state index is 14.5. The van der Waals surface area contributed by atoms with E-state index >= 15 is 0 Å². The van der Waals surface area contributed by atoms with Crippen LogP contribution in [0.3, 0.4) is 0 Å². The zero-order valence-electron chi connectivity index (χ0n) is 15.0. The number of piperidine rings is 1. The molecule has 2 aromatic rings. The van der Waals surface area contributed by atoms with Crippen LogP contribution in [0.5, 0.6) is 0 Å². The van der Waals surface area contributed by atoms with E-state index in [0.29, 0.717) is 22.6 Å². The van der Waals surface area contributed by atoms with Crippen molar-refractivity contribution >= 4 is 28.9 Å². The first-order chi connectivity index (χ1) is 13.1. The lowest BCUT2D eigenvalue weighted by molar-refractivity contribution is -0.111. The number of carbonyl (C=O) groups is 2. The van der Waals surface area contributed by atoms with Gasteiger partial charge in [0, 0.05) is 30.0 Å². The molecule has 0 aromatic heterocycles. The zero-order valence-corrected chi connectivity index (χ0v) is 15.0. The minimum atomic E-state index is -0.380. The van der Waals surface area contributed by atoms with E-state index in [1.54, 1.807) is 36.4 Å². The number of carbonyl (C=O) groups excluding carboxylic acids is 2. The monoisotopic (exact) mass is 367 g/mol. The Hall–Kier alpha value is -3.15. The largest absolute Gasteiger partial charge is 0.369 e. The summed E-state index contributed by atoms with van der Waals surface area (Å²) >= 11 is 0. The van der Waals surface area contributed by atoms with Gasteiger partial charge in [0.15, 0.2) is 0 Å². The normalized spacial score (nSPS) is 13.7. The number of hydrogen-bond acceptors (Lipinski definition) is 3. The molecule has 0 atom stereocenters. The SMILES string of the molecule is C=CC(=O)Nc1cccc(C(=O)Nc2ccc(N3CCCCC3)c(F)c2)c1. The topological polar surface area (TPSA) is 61.4 Å². The molecule has 1 aliphatic rings. The molecule has 2 amide bonds. The van der Waals surface area contributed by atoms with Crippen molar-refractivity contribution in [2.45, 2.75) is 19.3 Å². The van der Waals surface area contributed by atoms with Gasteiger partial charge in [-0.1, -0.05) is 12.6 Å². The Morgan fingerprint density at radius 2 is 1.74 bits per heavy atom. The number of rotatable bonds is 5. The van der Waals surface area contributed by atoms with Gasteiger partial charge in [0.1, 0.15) is 5.82 Å². The molecule has 2 aromatic carbocycles. The lowest BCUT2D eigenvalue weighted by atomic mass is 10.1. The van der Waals surface area contributed by atoms with Crippen LogP contribution in [0.25, 0.3) is 0 Å². The number of nitrogens with one attached hydrogen (secondary N) is 2. The number of hydrogen-bond donors (Lipinski definition) is 2. The van der Waals surface area contributed by atoms with Crippen molar-refractivity contribution < 1.29 is 14.0 Å². The highest BCUT2D eigenvalue weighted by atomic mass is 19.1. The van der Waals surface area contributed by atoms with E-state index in [-0.39, 0.29) is 17.6 Å². The van der Waals surface area contributed by atoms with Crippen molar-refractivity contribution in [3.63, 3.8) is 0 Å². The predicted octanol–water partition coefficient (Wildman–Crippen LogP) is 4.19. The fraction of sp³-hybridized carbons (Fsp3) is 0.238. The average molecular weight is 367 g/mol. The van der Waals surface area contributed by atoms with Crippen LogP contribution >= 0.6 is 0 Å². The molecule has 0 bridgehead atoms. The van der Waals surface area contributed by atoms with Crippen LogP contribution in [0.2, 0.25) is 0 Å². The Kier molecular flexibility index (Phi) is 5.86. The van der Waals surface area contributed by atoms with E-state index in [9.17, 15) is 14.0 Å². The van der Waals surface area contributed by atoms with Crippen molar-refractivity contribution in [2.24, 2.45) is 0 Å². The van der Waals surface area contributed by atoms with Gasteiger partial charge < -0.3 is 15.5 Å². The van der Waals surface area contributed by atoms with Crippen LogP contribution in [0.1, 0.15) is 29.6 Å². The summed E-state index contributed by atoms with van der Waals surface area (Å²) in [6.45, 7) is 5.09. The molecular weight excluding hydrogens is 345 g/mol. The highest BCUT2D eigenvalue weighted by Crippen LogP contribution is 2.26. The number of halogens is 1. The molecule has 1 heterocycles. The fourth-order valence-corrected chi connectivity index (χ4v) is 3.11. The molecule has 0 spiro atoms. The molecule has 1 fully saturated rings. The summed E-state index contributed by atoms with van der Waals surface area (Å²) < 4.78 is 14.5. The number of amides is 2. The standard InChI is InChI=1S/C21H22FN3O2/c1-2-20(26)23-16-8-6-7-15(13-16)21(27)24-17-9-10-19(18(22)14-17)25-11-4-3-5-12-25/h2,6-10,13-14H,1,3-5,11-12H2,(H,23,26)(H,24,27). The third kappa shape index (κ3) is 4.73. The molecule has 1 saturated heterocycles. The molecule has 2 N–H and O–H groups in total. The van der Waals surface area contributed by atoms with E-state index in [2.05, 4.69) is 17.2 Å². The maximum absolute atomic E-state index is 14.5. The van der Waals surface area contributed by atoms with Crippen molar-refractivity contribution in [1.82, 2.24) is 0 Å². The highest BCUT2D eigenvalue weighted by Gasteiger charge is 2.16. The van der Waals surface area contributed by atoms with Gasteiger partial charge in [-0.05, 0) is 61.7 Å². The fourth-order valence-electron chi connectivity index (χ4n) is 3.11. The van der Waals surface area contributed by atoms with Gasteiger partial charge in [0.05, 0.1) is 5.69 Å². The van der Waals surface area contributed by atoms with Crippen molar-refractivity contribution in [2.75, 3.05) is 28.6 Å². The minimum absolute atomic E-state index is 0.346. The Balaban J connectivity index is 1.70. The van der Waals surface area contributed by atoms with Crippen molar-refractivity contribution in [1.29, 1.82) is 0 Å². The van der Waals surface area contributed by atoms with Crippen LogP contribution in [0.15, 0.2) is 55.1 Å². The van der Waals surface area contributed by atoms with Crippen molar-refractivity contribution in [3.8, 4) is 0 Å². The molecule has 3 rings (SSSR count). The Morgan fingerprint density at radius 1 is 1.00 bits per heavy atom. The summed E-state index contributed by atoms with van der Waals surface area (Å²) in [6.07, 6.45) is 4.46. The summed E-state index contributed by atoms with van der Waals surface area (Å²) in [5.41, 5.74) is 1.80. The lowest BCUT2D eigenvalue weighted by Crippen LogP contribution is -2.30. The number of benzene rings is 2. The van der Waals surface area contributed by atoms with Crippen molar-refractivity contribution in [3.05, 3.63) is 66.5 Å². The summed E-state index contributed by atoms with van der Waals surface area (Å²) in [6, 6.07) is 11.3. The first kappa shape index (κ1) is 18.6. The van der Waals surface area contributed by atoms with E-state index in [4.69, 9.17) is 0 Å². The zero-order chi connectivity index (χ0) is 19.2. The molecular formula is C21H22FN3O2. The molecule has 27 heavy (non-hydrogen) atoms. The van der Waals surface area contributed by atoms with Gasteiger partial charge in [-0.25, -0.2) is 4.39 Å². The third-order valence-electron chi connectivity index (χ3n) is 4.48. The highest BCUT2D eigenvalue weighted by molar-refractivity contribution is 6.06. The Morgan fingerprint density at radius 3 is 2.44 bits per heavy atom. The molecule has 0 aliphatic carbocycles. The quantitative estimate of drug-likeness (QED) is 0.779. The minimum Gasteiger partial charge on any atom is -0.369 e. The van der Waals surface area contributed by atoms with E-state index in [0.717, 1.165) is 32.0 Å². The van der Waals surface area contributed by atoms with E-state index in [1.807, 2.05) is 4.90 Å². The molecule has 0 radical (unpaired) electrons. The molecule has 0 unspecified atom stereocenters. The second kappa shape index (κ2) is 8.49. The molecule has 1 aliphatic heterocycles. The number of nitrogens with zero attached hydrogens (tertiary/aromatic N) is 1. The predicted molar refractivity (Wildman–Crippen MR) is 106 cm³/mol. The van der Waals surface area contributed by atoms with E-state index in [1.165, 1.54) is 12.5 Å². The first-order valence-electron chi connectivity index (χ1n) is 8.96. The van der Waals surface area contributed by atoms with Crippen LogP contribution < -0.4 is 15.5 Å². The maximum Gasteiger partial charge on any atom is 0.255 e. The van der Waals surface area contributed by atoms with Crippen LogP contribution in [-0.2, 0) is 4.79 Å². The summed E-state index contributed by atoms with van der Waals surface area (Å²) in [4.78, 5) is 25.9. The summed E-state index contributed by atoms with van der Waals surface area (Å²) in [5.74, 6) is -1.08. The average Bonchev–Trinajstić information content (AvgIpc) is 2.69. The van der Waals surface area contributed by atoms with Gasteiger partial charge >= 0.3 is 0 Å². The third-order valence-corrected chi connectivity index (χ3v) is 4.48. The van der Waals surface area contributed by atoms with E-state index < -0.39 is 0 Å². The Labute approximate surface area is 157 Å². The smallest absolute Gasteiger partial charge is 0.255 e. The molecule has 140 valence electrons. The first-order valence-corrected chi connectivity index (χ1v) is 8.96. The van der Waals surface area contributed by atoms with Gasteiger partial charge in [0.2, 0.25) is 5.91 Å². The number of anilines is 3.